The molecule has 0 heterocycles. The third kappa shape index (κ3) is 2.44. The van der Waals surface area contributed by atoms with Gasteiger partial charge in [0.25, 0.3) is 0 Å². The monoisotopic (exact) mass is 275 g/mol. The fourth-order valence-corrected chi connectivity index (χ4v) is 1.69. The zero-order valence-electron chi connectivity index (χ0n) is 7.60. The molecule has 1 unspecified atom stereocenters. The predicted molar refractivity (Wildman–Crippen MR) is 63.0 cm³/mol. The van der Waals surface area contributed by atoms with E-state index in [0.717, 1.165) is 18.5 Å². The summed E-state index contributed by atoms with van der Waals surface area (Å²) in [5.74, 6) is 0. The van der Waals surface area contributed by atoms with E-state index in [1.165, 1.54) is 5.57 Å². The predicted octanol–water partition coefficient (Wildman–Crippen LogP) is 3.50. The lowest BCUT2D eigenvalue weighted by molar-refractivity contribution is 0.722. The van der Waals surface area contributed by atoms with Crippen LogP contribution in [0.2, 0.25) is 0 Å². The van der Waals surface area contributed by atoms with Crippen LogP contribution in [0.5, 0.6) is 0 Å². The third-order valence-electron chi connectivity index (χ3n) is 2.18. The molecule has 12 heavy (non-hydrogen) atoms. The molecule has 0 radical (unpaired) electrons. The van der Waals surface area contributed by atoms with Crippen LogP contribution < -0.4 is 0 Å². The molecule has 0 saturated carbocycles. The Morgan fingerprint density at radius 3 is 2.92 bits per heavy atom. The van der Waals surface area contributed by atoms with E-state index in [9.17, 15) is 0 Å². The van der Waals surface area contributed by atoms with E-state index in [1.54, 1.807) is 0 Å². The number of alkyl halides is 1. The highest BCUT2D eigenvalue weighted by atomic mass is 127. The summed E-state index contributed by atoms with van der Waals surface area (Å²) in [5, 5.41) is 0. The number of allylic oxidation sites excluding steroid dienone is 4. The van der Waals surface area contributed by atoms with Crippen LogP contribution in [0.3, 0.4) is 0 Å². The molecule has 0 spiro atoms. The summed E-state index contributed by atoms with van der Waals surface area (Å²) in [5.41, 5.74) is 2.40. The maximum Gasteiger partial charge on any atom is 0.0425 e. The van der Waals surface area contributed by atoms with Crippen LogP contribution in [0.4, 0.5) is 0 Å². The van der Waals surface area contributed by atoms with Gasteiger partial charge in [-0.2, -0.15) is 0 Å². The lowest BCUT2D eigenvalue weighted by Gasteiger charge is -2.15. The van der Waals surface area contributed by atoms with Crippen molar-refractivity contribution >= 4 is 29.3 Å². The second-order valence-electron chi connectivity index (χ2n) is 3.40. The minimum Gasteiger partial charge on any atom is -0.269 e. The summed E-state index contributed by atoms with van der Waals surface area (Å²) in [6.07, 6.45) is 6.60. The Kier molecular flexibility index (Phi) is 3.09. The largest absolute Gasteiger partial charge is 0.269 e. The first-order valence-electron chi connectivity index (χ1n) is 4.10. The van der Waals surface area contributed by atoms with E-state index in [0.29, 0.717) is 0 Å². The van der Waals surface area contributed by atoms with Gasteiger partial charge in [-0.25, -0.2) is 0 Å². The van der Waals surface area contributed by atoms with Gasteiger partial charge in [0, 0.05) is 9.12 Å². The molecule has 0 N–H and O–H groups in total. The average molecular weight is 275 g/mol. The second kappa shape index (κ2) is 3.73. The molecule has 0 aromatic rings. The van der Waals surface area contributed by atoms with E-state index in [1.807, 2.05) is 0 Å². The lowest BCUT2D eigenvalue weighted by atomic mass is 10.1. The first kappa shape index (κ1) is 9.96. The second-order valence-corrected chi connectivity index (χ2v) is 5.86. The first-order valence-corrected chi connectivity index (χ1v) is 5.18. The maximum absolute atomic E-state index is 4.03. The van der Waals surface area contributed by atoms with E-state index < -0.39 is 0 Å². The number of hydrogen-bond donors (Lipinski definition) is 0. The highest BCUT2D eigenvalue weighted by Gasteiger charge is 2.19. The third-order valence-corrected chi connectivity index (χ3v) is 3.08. The van der Waals surface area contributed by atoms with Crippen molar-refractivity contribution in [1.29, 1.82) is 0 Å². The van der Waals surface area contributed by atoms with Crippen molar-refractivity contribution in [3.8, 4) is 0 Å². The van der Waals surface area contributed by atoms with Crippen molar-refractivity contribution < 1.29 is 0 Å². The molecule has 0 fully saturated rings. The van der Waals surface area contributed by atoms with Gasteiger partial charge in [0.05, 0.1) is 0 Å². The molecule has 0 amide bonds. The molecule has 0 aromatic heterocycles. The van der Waals surface area contributed by atoms with Crippen LogP contribution in [-0.2, 0) is 0 Å². The van der Waals surface area contributed by atoms with Crippen LogP contribution in [0, 0.1) is 0 Å². The van der Waals surface area contributed by atoms with Gasteiger partial charge < -0.3 is 0 Å². The fraction of sp³-hybridized carbons (Fsp3) is 0.500. The van der Waals surface area contributed by atoms with Gasteiger partial charge in [-0.05, 0) is 39.0 Å². The van der Waals surface area contributed by atoms with Gasteiger partial charge in [0.15, 0.2) is 0 Å². The molecule has 0 saturated heterocycles. The van der Waals surface area contributed by atoms with Crippen molar-refractivity contribution in [1.82, 2.24) is 0 Å². The van der Waals surface area contributed by atoms with Crippen LogP contribution in [0.15, 0.2) is 28.4 Å². The Morgan fingerprint density at radius 1 is 1.67 bits per heavy atom. The summed E-state index contributed by atoms with van der Waals surface area (Å²) in [4.78, 5) is 4.03. The summed E-state index contributed by atoms with van der Waals surface area (Å²) in [6, 6.07) is 0. The summed E-state index contributed by atoms with van der Waals surface area (Å²) in [7, 11) is 0. The minimum absolute atomic E-state index is 0.283. The van der Waals surface area contributed by atoms with Gasteiger partial charge >= 0.3 is 0 Å². The topological polar surface area (TPSA) is 12.4 Å². The molecule has 1 aliphatic rings. The van der Waals surface area contributed by atoms with Gasteiger partial charge in [-0.15, -0.1) is 0 Å². The number of aliphatic imine (C=N–C) groups is 1. The smallest absolute Gasteiger partial charge is 0.0425 e. The van der Waals surface area contributed by atoms with E-state index in [4.69, 9.17) is 0 Å². The highest BCUT2D eigenvalue weighted by molar-refractivity contribution is 14.1. The van der Waals surface area contributed by atoms with Crippen molar-refractivity contribution in [3.05, 3.63) is 23.4 Å². The highest BCUT2D eigenvalue weighted by Crippen LogP contribution is 2.32. The van der Waals surface area contributed by atoms with E-state index in [-0.39, 0.29) is 3.42 Å². The maximum atomic E-state index is 4.03. The molecule has 0 aliphatic heterocycles. The molecule has 1 rings (SSSR count). The van der Waals surface area contributed by atoms with Gasteiger partial charge in [-0.1, -0.05) is 34.7 Å². The van der Waals surface area contributed by atoms with Crippen LogP contribution in [-0.4, -0.2) is 10.1 Å². The van der Waals surface area contributed by atoms with Crippen molar-refractivity contribution in [2.24, 2.45) is 4.99 Å². The molecular weight excluding hydrogens is 261 g/mol. The summed E-state index contributed by atoms with van der Waals surface area (Å²) >= 11 is 2.48. The summed E-state index contributed by atoms with van der Waals surface area (Å²) < 4.78 is 0.283. The lowest BCUT2D eigenvalue weighted by Crippen LogP contribution is -2.09. The van der Waals surface area contributed by atoms with Crippen molar-refractivity contribution in [3.63, 3.8) is 0 Å². The number of nitrogens with zero attached hydrogens (tertiary/aromatic N) is 1. The fourth-order valence-electron chi connectivity index (χ4n) is 1.24. The Bertz CT molecular complexity index is 249. The van der Waals surface area contributed by atoms with Crippen molar-refractivity contribution in [2.45, 2.75) is 30.1 Å². The molecule has 1 aliphatic carbocycles. The van der Waals surface area contributed by atoms with E-state index in [2.05, 4.69) is 60.3 Å². The molecule has 0 bridgehead atoms. The zero-order chi connectivity index (χ0) is 9.19. The van der Waals surface area contributed by atoms with Crippen molar-refractivity contribution in [2.75, 3.05) is 0 Å². The Balaban J connectivity index is 2.88. The molecule has 0 aromatic carbocycles. The zero-order valence-corrected chi connectivity index (χ0v) is 9.76. The average Bonchev–Trinajstić information content (AvgIpc) is 2.13. The van der Waals surface area contributed by atoms with Gasteiger partial charge in [0.1, 0.15) is 0 Å². The Morgan fingerprint density at radius 2 is 2.33 bits per heavy atom. The van der Waals surface area contributed by atoms with E-state index >= 15 is 0 Å². The van der Waals surface area contributed by atoms with Crippen LogP contribution >= 0.6 is 22.6 Å². The first-order chi connectivity index (χ1) is 5.55. The molecule has 66 valence electrons. The van der Waals surface area contributed by atoms with Crippen LogP contribution in [0.25, 0.3) is 0 Å². The molecule has 2 heteroatoms. The SMILES string of the molecule is C=NC1=C(C)C=CC(C)(I)CC1. The number of hydrogen-bond acceptors (Lipinski definition) is 1. The standard InChI is InChI=1S/C10H14IN/c1-8-4-6-10(2,11)7-5-9(8)12-3/h4,6H,3,5,7H2,1-2H3. The molecule has 1 nitrogen and oxygen atoms in total. The van der Waals surface area contributed by atoms with Crippen LogP contribution in [0.1, 0.15) is 26.7 Å². The Labute approximate surface area is 87.8 Å². The normalized spacial score (nSPS) is 30.2. The summed E-state index contributed by atoms with van der Waals surface area (Å²) in [6.45, 7) is 7.92. The quantitative estimate of drug-likeness (QED) is 0.394. The minimum atomic E-state index is 0.283. The number of rotatable bonds is 1. The van der Waals surface area contributed by atoms with Gasteiger partial charge in [-0.3, -0.25) is 4.99 Å². The molecule has 1 atom stereocenters. The Hall–Kier alpha value is -0.120. The molecular formula is C10H14IN. The number of halogens is 1. The van der Waals surface area contributed by atoms with Gasteiger partial charge in [0.2, 0.25) is 0 Å².